The van der Waals surface area contributed by atoms with Gasteiger partial charge in [-0.25, -0.2) is 26.4 Å². The summed E-state index contributed by atoms with van der Waals surface area (Å²) in [6, 6.07) is 3.00. The van der Waals surface area contributed by atoms with E-state index in [1.54, 1.807) is 0 Å². The first kappa shape index (κ1) is 20.0. The predicted octanol–water partition coefficient (Wildman–Crippen LogP) is 2.40. The largest absolute Gasteiger partial charge is 0.481 e. The van der Waals surface area contributed by atoms with E-state index in [2.05, 4.69) is 19.8 Å². The summed E-state index contributed by atoms with van der Waals surface area (Å²) in [5, 5.41) is 4.32. The molecular weight excluding hydrogens is 420 g/mol. The fraction of sp³-hybridized carbons (Fsp3) is 0.267. The minimum Gasteiger partial charge on any atom is -0.481 e. The first-order valence-corrected chi connectivity index (χ1v) is 9.54. The molecule has 0 atom stereocenters. The van der Waals surface area contributed by atoms with Gasteiger partial charge in [0, 0.05) is 12.6 Å². The fourth-order valence-corrected chi connectivity index (χ4v) is 3.69. The lowest BCUT2D eigenvalue weighted by Gasteiger charge is -2.13. The monoisotopic (exact) mass is 433 g/mol. The number of halogens is 3. The highest BCUT2D eigenvalue weighted by Crippen LogP contribution is 2.30. The van der Waals surface area contributed by atoms with E-state index >= 15 is 0 Å². The van der Waals surface area contributed by atoms with Gasteiger partial charge in [-0.2, -0.15) is 15.1 Å². The summed E-state index contributed by atoms with van der Waals surface area (Å²) in [5.41, 5.74) is 0.193. The molecule has 13 heteroatoms. The molecule has 0 fully saturated rings. The van der Waals surface area contributed by atoms with E-state index in [-0.39, 0.29) is 27.7 Å². The number of aromatic nitrogens is 4. The normalized spacial score (nSPS) is 11.8. The second-order valence-corrected chi connectivity index (χ2v) is 7.52. The predicted molar refractivity (Wildman–Crippen MR) is 95.9 cm³/mol. The van der Waals surface area contributed by atoms with Crippen LogP contribution in [0.2, 0.25) is 5.02 Å². The number of rotatable bonds is 7. The third-order valence-corrected chi connectivity index (χ3v) is 5.20. The van der Waals surface area contributed by atoms with Crippen molar-refractivity contribution in [3.8, 4) is 11.8 Å². The Labute approximate surface area is 163 Å². The molecule has 3 aromatic rings. The van der Waals surface area contributed by atoms with Gasteiger partial charge < -0.3 is 9.47 Å². The van der Waals surface area contributed by atoms with Gasteiger partial charge in [-0.05, 0) is 12.1 Å². The molecule has 9 nitrogen and oxygen atoms in total. The molecule has 3 rings (SSSR count). The van der Waals surface area contributed by atoms with E-state index in [1.807, 2.05) is 0 Å². The molecule has 0 saturated heterocycles. The Balaban J connectivity index is 2.01. The first-order chi connectivity index (χ1) is 13.2. The molecular formula is C15H14ClF2N5O4S. The Bertz CT molecular complexity index is 1100. The first-order valence-electron chi connectivity index (χ1n) is 7.68. The molecule has 3 heterocycles. The summed E-state index contributed by atoms with van der Waals surface area (Å²) < 4.78 is 64.5. The number of nitrogens with one attached hydrogen (secondary N) is 1. The van der Waals surface area contributed by atoms with Crippen molar-refractivity contribution < 1.29 is 26.7 Å². The van der Waals surface area contributed by atoms with Crippen LogP contribution in [0, 0.1) is 0 Å². The molecule has 0 aliphatic heterocycles. The average Bonchev–Trinajstić information content (AvgIpc) is 3.05. The number of methoxy groups -OCH3 is 2. The number of ether oxygens (including phenoxy) is 2. The van der Waals surface area contributed by atoms with E-state index in [4.69, 9.17) is 21.1 Å². The second-order valence-electron chi connectivity index (χ2n) is 5.43. The van der Waals surface area contributed by atoms with Gasteiger partial charge in [-0.1, -0.05) is 11.6 Å². The summed E-state index contributed by atoms with van der Waals surface area (Å²) in [6.07, 6.45) is -0.834. The molecule has 0 unspecified atom stereocenters. The van der Waals surface area contributed by atoms with Gasteiger partial charge in [0.2, 0.25) is 24.1 Å². The molecule has 0 spiro atoms. The highest BCUT2D eigenvalue weighted by molar-refractivity contribution is 7.93. The van der Waals surface area contributed by atoms with Crippen molar-refractivity contribution in [3.63, 3.8) is 0 Å². The quantitative estimate of drug-likeness (QED) is 0.609. The average molecular weight is 434 g/mol. The summed E-state index contributed by atoms with van der Waals surface area (Å²) in [5.74, 6) is -0.854. The molecule has 3 aromatic heterocycles. The van der Waals surface area contributed by atoms with Crippen LogP contribution in [0.15, 0.2) is 29.4 Å². The van der Waals surface area contributed by atoms with E-state index in [0.717, 1.165) is 6.20 Å². The van der Waals surface area contributed by atoms with Gasteiger partial charge in [-0.15, -0.1) is 0 Å². The molecule has 0 aliphatic carbocycles. The van der Waals surface area contributed by atoms with E-state index in [0.29, 0.717) is 5.02 Å². The van der Waals surface area contributed by atoms with Crippen molar-refractivity contribution in [2.75, 3.05) is 18.9 Å². The van der Waals surface area contributed by atoms with Crippen molar-refractivity contribution in [2.24, 2.45) is 0 Å². The highest BCUT2D eigenvalue weighted by atomic mass is 35.5. The zero-order valence-electron chi connectivity index (χ0n) is 14.6. The summed E-state index contributed by atoms with van der Waals surface area (Å²) >= 11 is 5.86. The molecule has 0 aliphatic rings. The fourth-order valence-electron chi connectivity index (χ4n) is 2.47. The van der Waals surface area contributed by atoms with Crippen LogP contribution in [0.1, 0.15) is 5.56 Å². The lowest BCUT2D eigenvalue weighted by Crippen LogP contribution is -2.16. The van der Waals surface area contributed by atoms with E-state index < -0.39 is 28.8 Å². The number of pyridine rings is 1. The molecule has 1 N–H and O–H groups in total. The smallest absolute Gasteiger partial charge is 0.267 e. The van der Waals surface area contributed by atoms with Crippen LogP contribution in [-0.4, -0.2) is 48.6 Å². The van der Waals surface area contributed by atoms with Crippen LogP contribution in [0.4, 0.5) is 14.7 Å². The minimum atomic E-state index is -4.16. The van der Waals surface area contributed by atoms with Crippen molar-refractivity contribution in [2.45, 2.75) is 17.7 Å². The maximum Gasteiger partial charge on any atom is 0.267 e. The van der Waals surface area contributed by atoms with Gasteiger partial charge in [0.05, 0.1) is 36.5 Å². The number of hydrogen-bond acceptors (Lipinski definition) is 7. The topological polar surface area (TPSA) is 108 Å². The number of sulfonamides is 1. The molecule has 28 heavy (non-hydrogen) atoms. The number of alkyl halides is 2. The molecule has 0 amide bonds. The van der Waals surface area contributed by atoms with E-state index in [9.17, 15) is 17.2 Å². The Morgan fingerprint density at radius 1 is 1.21 bits per heavy atom. The summed E-state index contributed by atoms with van der Waals surface area (Å²) in [6.45, 7) is 0. The van der Waals surface area contributed by atoms with Crippen molar-refractivity contribution >= 4 is 33.1 Å². The van der Waals surface area contributed by atoms with Crippen LogP contribution >= 0.6 is 11.6 Å². The molecule has 0 radical (unpaired) electrons. The Morgan fingerprint density at radius 2 is 1.86 bits per heavy atom. The third kappa shape index (κ3) is 3.92. The second kappa shape index (κ2) is 7.72. The maximum absolute atomic E-state index is 12.8. The van der Waals surface area contributed by atoms with Crippen molar-refractivity contribution in [3.05, 3.63) is 35.1 Å². The van der Waals surface area contributed by atoms with Crippen LogP contribution < -0.4 is 14.2 Å². The zero-order chi connectivity index (χ0) is 20.5. The van der Waals surface area contributed by atoms with Gasteiger partial charge in [0.25, 0.3) is 10.0 Å². The number of anilines is 1. The number of hydrogen-bond donors (Lipinski definition) is 1. The van der Waals surface area contributed by atoms with Gasteiger partial charge >= 0.3 is 0 Å². The Hall–Kier alpha value is -2.73. The minimum absolute atomic E-state index is 0.0754. The summed E-state index contributed by atoms with van der Waals surface area (Å²) in [4.78, 5) is 7.56. The zero-order valence-corrected chi connectivity index (χ0v) is 16.1. The maximum atomic E-state index is 12.8. The SMILES string of the molecule is COc1nc(NS(=O)(=O)c2cnn3cc(Cl)ccc23)nc(OC)c1CC(F)F. The number of fused-ring (bicyclic) bond motifs is 1. The summed E-state index contributed by atoms with van der Waals surface area (Å²) in [7, 11) is -1.73. The van der Waals surface area contributed by atoms with Crippen LogP contribution in [-0.2, 0) is 16.4 Å². The number of nitrogens with zero attached hydrogens (tertiary/aromatic N) is 4. The molecule has 0 saturated carbocycles. The third-order valence-electron chi connectivity index (χ3n) is 3.64. The van der Waals surface area contributed by atoms with Gasteiger partial charge in [-0.3, -0.25) is 0 Å². The highest BCUT2D eigenvalue weighted by Gasteiger charge is 2.25. The van der Waals surface area contributed by atoms with Crippen LogP contribution in [0.5, 0.6) is 11.8 Å². The molecule has 0 bridgehead atoms. The molecule has 0 aromatic carbocycles. The Morgan fingerprint density at radius 3 is 2.43 bits per heavy atom. The van der Waals surface area contributed by atoms with Crippen LogP contribution in [0.3, 0.4) is 0 Å². The Kier molecular flexibility index (Phi) is 5.52. The van der Waals surface area contributed by atoms with E-state index in [1.165, 1.54) is 37.1 Å². The van der Waals surface area contributed by atoms with Gasteiger partial charge in [0.1, 0.15) is 4.90 Å². The standard InChI is InChI=1S/C15H14ClF2N5O4S/c1-26-13-9(5-12(17)18)14(27-2)21-15(20-13)22-28(24,25)11-6-19-23-7-8(16)3-4-10(11)23/h3-4,6-7,12H,5H2,1-2H3,(H,20,21,22). The lowest BCUT2D eigenvalue weighted by atomic mass is 10.2. The van der Waals surface area contributed by atoms with Gasteiger partial charge in [0.15, 0.2) is 0 Å². The van der Waals surface area contributed by atoms with Crippen molar-refractivity contribution in [1.29, 1.82) is 0 Å². The van der Waals surface area contributed by atoms with Crippen LogP contribution in [0.25, 0.3) is 5.52 Å². The molecule has 150 valence electrons. The van der Waals surface area contributed by atoms with Crippen molar-refractivity contribution in [1.82, 2.24) is 19.6 Å². The lowest BCUT2D eigenvalue weighted by molar-refractivity contribution is 0.146.